The zero-order valence-electron chi connectivity index (χ0n) is 8.02. The number of carbonyl (C=O) groups excluding carboxylic acids is 1. The van der Waals surface area contributed by atoms with E-state index in [1.54, 1.807) is 18.3 Å². The van der Waals surface area contributed by atoms with Gasteiger partial charge in [0, 0.05) is 11.8 Å². The molecule has 1 aliphatic carbocycles. The summed E-state index contributed by atoms with van der Waals surface area (Å²) in [4.78, 5) is 12.4. The van der Waals surface area contributed by atoms with Crippen LogP contribution in [0.1, 0.15) is 30.2 Å². The van der Waals surface area contributed by atoms with Gasteiger partial charge in [0.1, 0.15) is 5.00 Å². The van der Waals surface area contributed by atoms with Gasteiger partial charge in [-0.2, -0.15) is 0 Å². The van der Waals surface area contributed by atoms with Crippen molar-refractivity contribution in [3.63, 3.8) is 0 Å². The van der Waals surface area contributed by atoms with E-state index in [0.717, 1.165) is 22.3 Å². The van der Waals surface area contributed by atoms with Crippen molar-refractivity contribution in [3.8, 4) is 0 Å². The Labute approximate surface area is 95.8 Å². The lowest BCUT2D eigenvalue weighted by atomic mass is 9.99. The molecule has 2 nitrogen and oxygen atoms in total. The fourth-order valence-electron chi connectivity index (χ4n) is 1.77. The summed E-state index contributed by atoms with van der Waals surface area (Å²) in [6.45, 7) is 1.55. The average molecular weight is 274 g/mol. The number of anilines is 1. The zero-order valence-corrected chi connectivity index (χ0v) is 10.4. The first-order valence-corrected chi connectivity index (χ1v) is 6.37. The molecule has 1 aliphatic rings. The molecule has 4 heteroatoms. The molecule has 0 saturated carbocycles. The summed E-state index contributed by atoms with van der Waals surface area (Å²) in [5, 5.41) is 3.84. The van der Waals surface area contributed by atoms with E-state index >= 15 is 0 Å². The molecule has 0 spiro atoms. The van der Waals surface area contributed by atoms with Crippen LogP contribution in [0.5, 0.6) is 0 Å². The minimum atomic E-state index is 0.00398. The van der Waals surface area contributed by atoms with Crippen LogP contribution in [0, 0.1) is 0 Å². The van der Waals surface area contributed by atoms with Crippen LogP contribution >= 0.6 is 27.3 Å². The van der Waals surface area contributed by atoms with Crippen LogP contribution in [-0.2, 0) is 17.6 Å². The number of amides is 1. The van der Waals surface area contributed by atoms with Crippen molar-refractivity contribution in [1.82, 2.24) is 0 Å². The lowest BCUT2D eigenvalue weighted by Crippen LogP contribution is -2.04. The zero-order chi connectivity index (χ0) is 10.1. The fraction of sp³-hybridized carbons (Fsp3) is 0.500. The summed E-state index contributed by atoms with van der Waals surface area (Å²) in [6, 6.07) is 0. The summed E-state index contributed by atoms with van der Waals surface area (Å²) >= 11 is 5.27. The van der Waals surface area contributed by atoms with Crippen LogP contribution in [0.3, 0.4) is 0 Å². The van der Waals surface area contributed by atoms with E-state index < -0.39 is 0 Å². The molecule has 0 fully saturated rings. The molecule has 0 atom stereocenters. The molecule has 0 radical (unpaired) electrons. The van der Waals surface area contributed by atoms with Crippen LogP contribution in [0.2, 0.25) is 0 Å². The Morgan fingerprint density at radius 1 is 1.43 bits per heavy atom. The van der Waals surface area contributed by atoms with Crippen molar-refractivity contribution >= 4 is 38.2 Å². The average Bonchev–Trinajstić information content (AvgIpc) is 2.44. The molecule has 0 saturated heterocycles. The molecule has 2 rings (SSSR count). The molecule has 1 aromatic rings. The first-order valence-electron chi connectivity index (χ1n) is 4.76. The molecular formula is C10H12BrNOS. The molecule has 76 valence electrons. The van der Waals surface area contributed by atoms with Crippen molar-refractivity contribution in [1.29, 1.82) is 0 Å². The maximum atomic E-state index is 11.0. The minimum Gasteiger partial charge on any atom is -0.317 e. The Morgan fingerprint density at radius 3 is 2.79 bits per heavy atom. The third kappa shape index (κ3) is 1.86. The maximum Gasteiger partial charge on any atom is 0.221 e. The second-order valence-corrected chi connectivity index (χ2v) is 5.43. The van der Waals surface area contributed by atoms with Crippen LogP contribution < -0.4 is 5.32 Å². The third-order valence-corrected chi connectivity index (χ3v) is 4.74. The topological polar surface area (TPSA) is 29.1 Å². The lowest BCUT2D eigenvalue weighted by molar-refractivity contribution is -0.114. The smallest absolute Gasteiger partial charge is 0.221 e. The Bertz CT molecular complexity index is 372. The van der Waals surface area contributed by atoms with Gasteiger partial charge in [-0.05, 0) is 47.2 Å². The number of rotatable bonds is 1. The van der Waals surface area contributed by atoms with Gasteiger partial charge in [0.15, 0.2) is 0 Å². The van der Waals surface area contributed by atoms with Crippen molar-refractivity contribution in [2.24, 2.45) is 0 Å². The Morgan fingerprint density at radius 2 is 2.14 bits per heavy atom. The van der Waals surface area contributed by atoms with Crippen LogP contribution in [-0.4, -0.2) is 5.91 Å². The van der Waals surface area contributed by atoms with Gasteiger partial charge in [-0.25, -0.2) is 0 Å². The highest BCUT2D eigenvalue weighted by atomic mass is 79.9. The Balaban J connectivity index is 2.33. The summed E-state index contributed by atoms with van der Waals surface area (Å²) in [7, 11) is 0. The highest BCUT2D eigenvalue weighted by Crippen LogP contribution is 2.41. The number of hydrogen-bond acceptors (Lipinski definition) is 2. The van der Waals surface area contributed by atoms with Crippen LogP contribution in [0.4, 0.5) is 5.00 Å². The van der Waals surface area contributed by atoms with E-state index in [1.165, 1.54) is 23.3 Å². The highest BCUT2D eigenvalue weighted by molar-refractivity contribution is 9.10. The summed E-state index contributed by atoms with van der Waals surface area (Å²) in [6.07, 6.45) is 4.85. The number of hydrogen-bond donors (Lipinski definition) is 1. The second kappa shape index (κ2) is 4.03. The largest absolute Gasteiger partial charge is 0.317 e. The molecule has 1 aromatic heterocycles. The van der Waals surface area contributed by atoms with Crippen molar-refractivity contribution in [2.45, 2.75) is 32.6 Å². The molecule has 1 amide bonds. The van der Waals surface area contributed by atoms with Gasteiger partial charge in [0.05, 0.1) is 4.47 Å². The van der Waals surface area contributed by atoms with E-state index in [-0.39, 0.29) is 5.91 Å². The normalized spacial score (nSPS) is 15.0. The van der Waals surface area contributed by atoms with E-state index in [1.807, 2.05) is 0 Å². The van der Waals surface area contributed by atoms with Gasteiger partial charge in [-0.15, -0.1) is 11.3 Å². The number of halogens is 1. The number of thiophene rings is 1. The monoisotopic (exact) mass is 273 g/mol. The van der Waals surface area contributed by atoms with Gasteiger partial charge < -0.3 is 5.32 Å². The van der Waals surface area contributed by atoms with Crippen molar-refractivity contribution in [3.05, 3.63) is 14.9 Å². The minimum absolute atomic E-state index is 0.00398. The van der Waals surface area contributed by atoms with Gasteiger partial charge in [-0.3, -0.25) is 4.79 Å². The van der Waals surface area contributed by atoms with Gasteiger partial charge in [-0.1, -0.05) is 0 Å². The summed E-state index contributed by atoms with van der Waals surface area (Å²) in [5.74, 6) is 0.00398. The van der Waals surface area contributed by atoms with Gasteiger partial charge in [0.25, 0.3) is 0 Å². The van der Waals surface area contributed by atoms with E-state index in [0.29, 0.717) is 0 Å². The molecule has 14 heavy (non-hydrogen) atoms. The number of fused-ring (bicyclic) bond motifs is 1. The summed E-state index contributed by atoms with van der Waals surface area (Å²) < 4.78 is 1.10. The van der Waals surface area contributed by atoms with Crippen LogP contribution in [0.25, 0.3) is 0 Å². The van der Waals surface area contributed by atoms with E-state index in [2.05, 4.69) is 21.2 Å². The predicted octanol–water partition coefficient (Wildman–Crippen LogP) is 3.35. The molecule has 1 N–H and O–H groups in total. The SMILES string of the molecule is CC(=O)Nc1sc2c(c1Br)CCCC2. The predicted molar refractivity (Wildman–Crippen MR) is 63.0 cm³/mol. The van der Waals surface area contributed by atoms with Crippen molar-refractivity contribution in [2.75, 3.05) is 5.32 Å². The molecule has 1 heterocycles. The van der Waals surface area contributed by atoms with E-state index in [4.69, 9.17) is 0 Å². The quantitative estimate of drug-likeness (QED) is 0.836. The Hall–Kier alpha value is -0.350. The number of aryl methyl sites for hydroxylation is 1. The maximum absolute atomic E-state index is 11.0. The van der Waals surface area contributed by atoms with Gasteiger partial charge >= 0.3 is 0 Å². The fourth-order valence-corrected chi connectivity index (χ4v) is 3.91. The lowest BCUT2D eigenvalue weighted by Gasteiger charge is -2.09. The highest BCUT2D eigenvalue weighted by Gasteiger charge is 2.19. The number of nitrogens with one attached hydrogen (secondary N) is 1. The molecule has 0 aliphatic heterocycles. The standard InChI is InChI=1S/C10H12BrNOS/c1-6(13)12-10-9(11)7-4-2-3-5-8(7)14-10/h2-5H2,1H3,(H,12,13). The molecule has 0 bridgehead atoms. The Kier molecular flexibility index (Phi) is 2.93. The second-order valence-electron chi connectivity index (χ2n) is 3.54. The molecular weight excluding hydrogens is 262 g/mol. The molecule has 0 unspecified atom stereocenters. The molecule has 0 aromatic carbocycles. The van der Waals surface area contributed by atoms with E-state index in [9.17, 15) is 4.79 Å². The first kappa shape index (κ1) is 10.2. The number of carbonyl (C=O) groups is 1. The van der Waals surface area contributed by atoms with Crippen molar-refractivity contribution < 1.29 is 4.79 Å². The van der Waals surface area contributed by atoms with Gasteiger partial charge in [0.2, 0.25) is 5.91 Å². The third-order valence-electron chi connectivity index (χ3n) is 2.40. The first-order chi connectivity index (χ1) is 6.68. The van der Waals surface area contributed by atoms with Crippen LogP contribution in [0.15, 0.2) is 4.47 Å². The summed E-state index contributed by atoms with van der Waals surface area (Å²) in [5.41, 5.74) is 1.41.